The van der Waals surface area contributed by atoms with Crippen LogP contribution in [0.5, 0.6) is 0 Å². The molecule has 3 aliphatic rings. The van der Waals surface area contributed by atoms with Gasteiger partial charge in [-0.15, -0.1) is 12.4 Å². The van der Waals surface area contributed by atoms with Crippen LogP contribution in [0, 0.1) is 5.92 Å². The number of piperidine rings is 1. The number of nitrogens with one attached hydrogen (secondary N) is 1. The molecule has 3 unspecified atom stereocenters. The molecule has 0 bridgehead atoms. The smallest absolute Gasteiger partial charge is 0.253 e. The van der Waals surface area contributed by atoms with E-state index in [-0.39, 0.29) is 24.4 Å². The van der Waals surface area contributed by atoms with Crippen LogP contribution in [0.15, 0.2) is 0 Å². The number of carbonyl (C=O) groups is 1. The van der Waals surface area contributed by atoms with E-state index in [1.165, 1.54) is 38.5 Å². The summed E-state index contributed by atoms with van der Waals surface area (Å²) in [6.45, 7) is 3.17. The summed E-state index contributed by atoms with van der Waals surface area (Å²) in [6, 6.07) is 0.505. The lowest BCUT2D eigenvalue weighted by Crippen LogP contribution is -2.56. The van der Waals surface area contributed by atoms with E-state index in [2.05, 4.69) is 10.2 Å². The second-order valence-electron chi connectivity index (χ2n) is 5.85. The summed E-state index contributed by atoms with van der Waals surface area (Å²) >= 11 is 0. The molecule has 0 aromatic carbocycles. The molecule has 0 aromatic rings. The largest absolute Gasteiger partial charge is 0.366 e. The first-order chi connectivity index (χ1) is 8.86. The number of nitrogens with zero attached hydrogens (tertiary/aromatic N) is 1. The molecule has 0 aromatic heterocycles. The van der Waals surface area contributed by atoms with Crippen molar-refractivity contribution in [2.75, 3.05) is 26.2 Å². The SMILES string of the molecule is Cl.O=C(C1CNCCO1)N1CCCC2CCCCC21. The Morgan fingerprint density at radius 2 is 1.95 bits per heavy atom. The maximum Gasteiger partial charge on any atom is 0.253 e. The predicted octanol–water partition coefficient (Wildman–Crippen LogP) is 1.58. The zero-order valence-corrected chi connectivity index (χ0v) is 12.3. The van der Waals surface area contributed by atoms with Gasteiger partial charge in [0.2, 0.25) is 0 Å². The summed E-state index contributed by atoms with van der Waals surface area (Å²) < 4.78 is 5.62. The van der Waals surface area contributed by atoms with Gasteiger partial charge in [0.25, 0.3) is 5.91 Å². The van der Waals surface area contributed by atoms with Crippen LogP contribution in [-0.2, 0) is 9.53 Å². The van der Waals surface area contributed by atoms with Gasteiger partial charge in [-0.25, -0.2) is 0 Å². The van der Waals surface area contributed by atoms with Crippen molar-refractivity contribution in [1.82, 2.24) is 10.2 Å². The molecule has 0 radical (unpaired) electrons. The number of carbonyl (C=O) groups excluding carboxylic acids is 1. The summed E-state index contributed by atoms with van der Waals surface area (Å²) in [7, 11) is 0. The first-order valence-electron chi connectivity index (χ1n) is 7.49. The van der Waals surface area contributed by atoms with Crippen LogP contribution in [0.2, 0.25) is 0 Å². The molecule has 5 heteroatoms. The quantitative estimate of drug-likeness (QED) is 0.796. The maximum absolute atomic E-state index is 12.6. The van der Waals surface area contributed by atoms with Gasteiger partial charge in [-0.05, 0) is 31.6 Å². The third kappa shape index (κ3) is 3.23. The van der Waals surface area contributed by atoms with Crippen molar-refractivity contribution >= 4 is 18.3 Å². The number of hydrogen-bond acceptors (Lipinski definition) is 3. The molecule has 2 aliphatic heterocycles. The molecule has 1 saturated carbocycles. The van der Waals surface area contributed by atoms with Gasteiger partial charge in [0.15, 0.2) is 0 Å². The zero-order chi connectivity index (χ0) is 12.4. The first-order valence-corrected chi connectivity index (χ1v) is 7.49. The van der Waals surface area contributed by atoms with Crippen molar-refractivity contribution in [2.24, 2.45) is 5.92 Å². The number of hydrogen-bond donors (Lipinski definition) is 1. The van der Waals surface area contributed by atoms with Crippen LogP contribution in [0.1, 0.15) is 38.5 Å². The molecule has 3 rings (SSSR count). The second kappa shape index (κ2) is 6.91. The Hall–Kier alpha value is -0.320. The van der Waals surface area contributed by atoms with E-state index in [4.69, 9.17) is 4.74 Å². The number of rotatable bonds is 1. The van der Waals surface area contributed by atoms with E-state index in [0.717, 1.165) is 19.0 Å². The normalized spacial score (nSPS) is 35.2. The molecule has 3 fully saturated rings. The van der Waals surface area contributed by atoms with E-state index in [1.54, 1.807) is 0 Å². The van der Waals surface area contributed by atoms with E-state index >= 15 is 0 Å². The number of fused-ring (bicyclic) bond motifs is 1. The first kappa shape index (κ1) is 15.1. The molecule has 19 heavy (non-hydrogen) atoms. The summed E-state index contributed by atoms with van der Waals surface area (Å²) in [5, 5.41) is 3.25. The van der Waals surface area contributed by atoms with E-state index in [0.29, 0.717) is 19.2 Å². The lowest BCUT2D eigenvalue weighted by atomic mass is 9.78. The lowest BCUT2D eigenvalue weighted by molar-refractivity contribution is -0.151. The van der Waals surface area contributed by atoms with Gasteiger partial charge in [-0.2, -0.15) is 0 Å². The van der Waals surface area contributed by atoms with Crippen molar-refractivity contribution in [3.8, 4) is 0 Å². The predicted molar refractivity (Wildman–Crippen MR) is 76.6 cm³/mol. The van der Waals surface area contributed by atoms with Crippen molar-refractivity contribution in [2.45, 2.75) is 50.7 Å². The fourth-order valence-electron chi connectivity index (χ4n) is 3.81. The van der Waals surface area contributed by atoms with Gasteiger partial charge >= 0.3 is 0 Å². The third-order valence-electron chi connectivity index (χ3n) is 4.73. The Bertz CT molecular complexity index is 306. The van der Waals surface area contributed by atoms with Crippen LogP contribution in [0.25, 0.3) is 0 Å². The fourth-order valence-corrected chi connectivity index (χ4v) is 3.81. The standard InChI is InChI=1S/C14H24N2O2.ClH/c17-14(13-10-15-7-9-18-13)16-8-3-5-11-4-1-2-6-12(11)16;/h11-13,15H,1-10H2;1H. The molecule has 2 saturated heterocycles. The monoisotopic (exact) mass is 288 g/mol. The number of ether oxygens (including phenoxy) is 1. The lowest BCUT2D eigenvalue weighted by Gasteiger charge is -2.45. The van der Waals surface area contributed by atoms with Gasteiger partial charge in [0, 0.05) is 25.7 Å². The molecule has 0 spiro atoms. The fraction of sp³-hybridized carbons (Fsp3) is 0.929. The minimum Gasteiger partial charge on any atom is -0.366 e. The van der Waals surface area contributed by atoms with Gasteiger partial charge in [0.05, 0.1) is 6.61 Å². The number of likely N-dealkylation sites (tertiary alicyclic amines) is 1. The third-order valence-corrected chi connectivity index (χ3v) is 4.73. The van der Waals surface area contributed by atoms with Gasteiger partial charge in [-0.1, -0.05) is 12.8 Å². The molecular weight excluding hydrogens is 264 g/mol. The number of halogens is 1. The highest BCUT2D eigenvalue weighted by Crippen LogP contribution is 2.35. The average Bonchev–Trinajstić information content (AvgIpc) is 2.47. The average molecular weight is 289 g/mol. The minimum atomic E-state index is -0.237. The summed E-state index contributed by atoms with van der Waals surface area (Å²) in [4.78, 5) is 14.7. The highest BCUT2D eigenvalue weighted by molar-refractivity contribution is 5.85. The Labute approximate surface area is 121 Å². The van der Waals surface area contributed by atoms with E-state index < -0.39 is 0 Å². The zero-order valence-electron chi connectivity index (χ0n) is 11.5. The Morgan fingerprint density at radius 1 is 1.16 bits per heavy atom. The Balaban J connectivity index is 0.00000133. The Morgan fingerprint density at radius 3 is 2.74 bits per heavy atom. The Kier molecular flexibility index (Phi) is 5.48. The van der Waals surface area contributed by atoms with Gasteiger partial charge in [0.1, 0.15) is 6.10 Å². The van der Waals surface area contributed by atoms with Crippen molar-refractivity contribution in [3.63, 3.8) is 0 Å². The topological polar surface area (TPSA) is 41.6 Å². The van der Waals surface area contributed by atoms with Crippen molar-refractivity contribution in [3.05, 3.63) is 0 Å². The van der Waals surface area contributed by atoms with Crippen LogP contribution < -0.4 is 5.32 Å². The molecule has 1 amide bonds. The summed E-state index contributed by atoms with van der Waals surface area (Å²) in [5.41, 5.74) is 0. The molecule has 110 valence electrons. The van der Waals surface area contributed by atoms with E-state index in [9.17, 15) is 4.79 Å². The van der Waals surface area contributed by atoms with Crippen LogP contribution >= 0.6 is 12.4 Å². The van der Waals surface area contributed by atoms with Gasteiger partial charge < -0.3 is 15.0 Å². The molecule has 1 N–H and O–H groups in total. The van der Waals surface area contributed by atoms with Crippen molar-refractivity contribution in [1.29, 1.82) is 0 Å². The van der Waals surface area contributed by atoms with Gasteiger partial charge in [-0.3, -0.25) is 4.79 Å². The summed E-state index contributed by atoms with van der Waals surface area (Å²) in [5.74, 6) is 0.992. The minimum absolute atomic E-state index is 0. The number of morpholine rings is 1. The molecule has 4 nitrogen and oxygen atoms in total. The maximum atomic E-state index is 12.6. The van der Waals surface area contributed by atoms with Crippen LogP contribution in [0.3, 0.4) is 0 Å². The summed E-state index contributed by atoms with van der Waals surface area (Å²) in [6.07, 6.45) is 7.42. The van der Waals surface area contributed by atoms with Crippen molar-refractivity contribution < 1.29 is 9.53 Å². The number of amides is 1. The molecule has 3 atom stereocenters. The highest BCUT2D eigenvalue weighted by Gasteiger charge is 2.38. The molecule has 2 heterocycles. The van der Waals surface area contributed by atoms with Crippen LogP contribution in [-0.4, -0.2) is 49.2 Å². The van der Waals surface area contributed by atoms with Crippen LogP contribution in [0.4, 0.5) is 0 Å². The van der Waals surface area contributed by atoms with E-state index in [1.807, 2.05) is 0 Å². The second-order valence-corrected chi connectivity index (χ2v) is 5.85. The molecule has 1 aliphatic carbocycles. The highest BCUT2D eigenvalue weighted by atomic mass is 35.5. The molecular formula is C14H25ClN2O2.